The van der Waals surface area contributed by atoms with Gasteiger partial charge in [-0.1, -0.05) is 24.0 Å². The second-order valence-electron chi connectivity index (χ2n) is 9.61. The number of aromatic carboxylic acids is 1. The topological polar surface area (TPSA) is 105 Å². The Kier molecular flexibility index (Phi) is 10.0. The first-order valence-electron chi connectivity index (χ1n) is 13.0. The molecule has 3 aromatic carbocycles. The van der Waals surface area contributed by atoms with E-state index >= 15 is 0 Å². The Morgan fingerprint density at radius 3 is 2.09 bits per heavy atom. The normalized spacial score (nSPS) is 14.5. The van der Waals surface area contributed by atoms with E-state index in [1.54, 1.807) is 0 Å². The van der Waals surface area contributed by atoms with Crippen molar-refractivity contribution in [2.75, 3.05) is 26.1 Å². The number of carboxylic acid groups (broad SMARTS) is 1. The number of anilines is 1. The zero-order valence-electron chi connectivity index (χ0n) is 23.7. The molecule has 1 aliphatic rings. The van der Waals surface area contributed by atoms with Crippen molar-refractivity contribution in [3.63, 3.8) is 0 Å². The van der Waals surface area contributed by atoms with Gasteiger partial charge >= 0.3 is 18.3 Å². The highest BCUT2D eigenvalue weighted by atomic mass is 32.2. The Labute approximate surface area is 267 Å². The molecule has 0 unspecified atom stereocenters. The molecule has 0 saturated carbocycles. The molecule has 8 nitrogen and oxygen atoms in total. The van der Waals surface area contributed by atoms with Gasteiger partial charge in [0.2, 0.25) is 5.91 Å². The fourth-order valence-electron chi connectivity index (χ4n) is 4.37. The number of rotatable bonds is 9. The molecule has 0 radical (unpaired) electrons. The number of thiocarbonyl (C=S) groups is 1. The third-order valence-corrected chi connectivity index (χ3v) is 7.93. The molecule has 3 aromatic rings. The molecule has 0 atom stereocenters. The van der Waals surface area contributed by atoms with Crippen LogP contribution in [0.3, 0.4) is 0 Å². The first-order chi connectivity index (χ1) is 21.5. The number of benzene rings is 3. The molecule has 2 amide bonds. The van der Waals surface area contributed by atoms with E-state index in [9.17, 15) is 40.7 Å². The van der Waals surface area contributed by atoms with Gasteiger partial charge in [-0.25, -0.2) is 4.79 Å². The molecule has 1 saturated heterocycles. The maximum Gasteiger partial charge on any atom is 0.416 e. The van der Waals surface area contributed by atoms with E-state index < -0.39 is 46.8 Å². The molecule has 4 rings (SSSR count). The van der Waals surface area contributed by atoms with Gasteiger partial charge in [0.25, 0.3) is 5.91 Å². The van der Waals surface area contributed by atoms with Gasteiger partial charge in [0.05, 0.1) is 35.8 Å². The van der Waals surface area contributed by atoms with Crippen LogP contribution in [0.4, 0.5) is 32.0 Å². The zero-order chi connectivity index (χ0) is 34.0. The SMILES string of the molecule is COc1cc(/C=C2\SC(=S)N(CCC(=O)Nc3ccc(C(=O)O)cc3)C2=O)cc(-c2cc(C(F)(F)F)cc(C(F)(F)F)c2)c1OC. The van der Waals surface area contributed by atoms with Gasteiger partial charge in [-0.15, -0.1) is 0 Å². The van der Waals surface area contributed by atoms with E-state index in [1.165, 1.54) is 61.6 Å². The summed E-state index contributed by atoms with van der Waals surface area (Å²) in [7, 11) is 2.40. The summed E-state index contributed by atoms with van der Waals surface area (Å²) in [4.78, 5) is 37.9. The van der Waals surface area contributed by atoms with Crippen molar-refractivity contribution < 1.29 is 55.3 Å². The summed E-state index contributed by atoms with van der Waals surface area (Å²) in [5.74, 6) is -2.35. The standard InChI is InChI=1S/C30H22F6N2O6S2/c1-43-22-10-15(9-21(25(22)44-2)17-12-18(29(31,32)33)14-19(13-17)30(34,35)36)11-23-26(40)38(28(45)46-23)8-7-24(39)37-20-5-3-16(4-6-20)27(41)42/h3-6,9-14H,7-8H2,1-2H3,(H,37,39)(H,41,42)/b23-11-. The Hall–Kier alpha value is -4.57. The lowest BCUT2D eigenvalue weighted by Crippen LogP contribution is -2.31. The van der Waals surface area contributed by atoms with Gasteiger partial charge in [-0.05, 0) is 71.8 Å². The molecule has 0 bridgehead atoms. The molecule has 1 fully saturated rings. The van der Waals surface area contributed by atoms with Crippen LogP contribution in [0.2, 0.25) is 0 Å². The predicted octanol–water partition coefficient (Wildman–Crippen LogP) is 7.34. The molecule has 16 heteroatoms. The van der Waals surface area contributed by atoms with Crippen LogP contribution in [-0.2, 0) is 21.9 Å². The number of carbonyl (C=O) groups excluding carboxylic acids is 2. The van der Waals surface area contributed by atoms with Crippen molar-refractivity contribution in [3.8, 4) is 22.6 Å². The highest BCUT2D eigenvalue weighted by Crippen LogP contribution is 2.44. The van der Waals surface area contributed by atoms with Crippen LogP contribution in [0.1, 0.15) is 33.5 Å². The van der Waals surface area contributed by atoms with E-state index in [-0.39, 0.29) is 56.4 Å². The quantitative estimate of drug-likeness (QED) is 0.137. The third-order valence-electron chi connectivity index (χ3n) is 6.55. The Morgan fingerprint density at radius 1 is 0.957 bits per heavy atom. The van der Waals surface area contributed by atoms with Crippen molar-refractivity contribution in [2.45, 2.75) is 18.8 Å². The number of carbonyl (C=O) groups is 3. The largest absolute Gasteiger partial charge is 0.493 e. The number of amides is 2. The van der Waals surface area contributed by atoms with E-state index in [2.05, 4.69) is 5.32 Å². The lowest BCUT2D eigenvalue weighted by atomic mass is 9.96. The van der Waals surface area contributed by atoms with Crippen LogP contribution in [0.5, 0.6) is 11.5 Å². The van der Waals surface area contributed by atoms with E-state index in [0.29, 0.717) is 17.8 Å². The summed E-state index contributed by atoms with van der Waals surface area (Å²) in [5.41, 5.74) is -3.10. The van der Waals surface area contributed by atoms with Crippen molar-refractivity contribution in [3.05, 3.63) is 81.8 Å². The molecule has 1 aliphatic heterocycles. The number of alkyl halides is 6. The number of nitrogens with zero attached hydrogens (tertiary/aromatic N) is 1. The fraction of sp³-hybridized carbons (Fsp3) is 0.200. The molecule has 242 valence electrons. The Morgan fingerprint density at radius 2 is 1.57 bits per heavy atom. The molecule has 0 spiro atoms. The Balaban J connectivity index is 1.61. The lowest BCUT2D eigenvalue weighted by molar-refractivity contribution is -0.143. The smallest absolute Gasteiger partial charge is 0.416 e. The number of carboxylic acids is 1. The summed E-state index contributed by atoms with van der Waals surface area (Å²) >= 11 is 6.19. The number of nitrogens with one attached hydrogen (secondary N) is 1. The van der Waals surface area contributed by atoms with Gasteiger partial charge in [-0.2, -0.15) is 26.3 Å². The van der Waals surface area contributed by atoms with Crippen molar-refractivity contribution in [1.29, 1.82) is 0 Å². The molecular weight excluding hydrogens is 662 g/mol. The number of hydrogen-bond acceptors (Lipinski definition) is 7. The highest BCUT2D eigenvalue weighted by Gasteiger charge is 2.37. The minimum atomic E-state index is -5.08. The number of thioether (sulfide) groups is 1. The van der Waals surface area contributed by atoms with Gasteiger partial charge in [0, 0.05) is 24.2 Å². The monoisotopic (exact) mass is 684 g/mol. The minimum absolute atomic E-state index is 0.0116. The number of methoxy groups -OCH3 is 2. The van der Waals surface area contributed by atoms with Crippen molar-refractivity contribution in [1.82, 2.24) is 4.90 Å². The average molecular weight is 685 g/mol. The number of halogens is 6. The first-order valence-corrected chi connectivity index (χ1v) is 14.2. The fourth-order valence-corrected chi connectivity index (χ4v) is 5.68. The number of hydrogen-bond donors (Lipinski definition) is 2. The van der Waals surface area contributed by atoms with Crippen molar-refractivity contribution in [2.24, 2.45) is 0 Å². The summed E-state index contributed by atoms with van der Waals surface area (Å²) < 4.78 is 92.2. The number of ether oxygens (including phenoxy) is 2. The zero-order valence-corrected chi connectivity index (χ0v) is 25.3. The summed E-state index contributed by atoms with van der Waals surface area (Å²) in [6, 6.07) is 9.21. The maximum atomic E-state index is 13.6. The van der Waals surface area contributed by atoms with Crippen LogP contribution in [-0.4, -0.2) is 52.9 Å². The summed E-state index contributed by atoms with van der Waals surface area (Å²) in [6.07, 6.45) is -8.99. The van der Waals surface area contributed by atoms with E-state index in [1.807, 2.05) is 0 Å². The van der Waals surface area contributed by atoms with Gasteiger partial charge in [-0.3, -0.25) is 14.5 Å². The lowest BCUT2D eigenvalue weighted by Gasteiger charge is -2.18. The molecule has 1 heterocycles. The van der Waals surface area contributed by atoms with Gasteiger partial charge in [0.1, 0.15) is 4.32 Å². The van der Waals surface area contributed by atoms with Crippen LogP contribution in [0, 0.1) is 0 Å². The van der Waals surface area contributed by atoms with Crippen molar-refractivity contribution >= 4 is 57.8 Å². The molecule has 0 aromatic heterocycles. The third kappa shape index (κ3) is 7.80. The van der Waals surface area contributed by atoms with Crippen LogP contribution >= 0.6 is 24.0 Å². The summed E-state index contributed by atoms with van der Waals surface area (Å²) in [5, 5.41) is 11.6. The van der Waals surface area contributed by atoms with Crippen LogP contribution < -0.4 is 14.8 Å². The molecular formula is C30H22F6N2O6S2. The highest BCUT2D eigenvalue weighted by molar-refractivity contribution is 8.26. The molecule has 46 heavy (non-hydrogen) atoms. The van der Waals surface area contributed by atoms with Crippen LogP contribution in [0.15, 0.2) is 59.5 Å². The van der Waals surface area contributed by atoms with Crippen LogP contribution in [0.25, 0.3) is 17.2 Å². The summed E-state index contributed by atoms with van der Waals surface area (Å²) in [6.45, 7) is -0.108. The molecule has 0 aliphatic carbocycles. The van der Waals surface area contributed by atoms with Gasteiger partial charge < -0.3 is 19.9 Å². The maximum absolute atomic E-state index is 13.6. The molecule has 2 N–H and O–H groups in total. The first kappa shape index (κ1) is 34.3. The second-order valence-corrected chi connectivity index (χ2v) is 11.3. The predicted molar refractivity (Wildman–Crippen MR) is 162 cm³/mol. The van der Waals surface area contributed by atoms with E-state index in [0.717, 1.165) is 11.8 Å². The minimum Gasteiger partial charge on any atom is -0.493 e. The average Bonchev–Trinajstić information content (AvgIpc) is 3.25. The second kappa shape index (κ2) is 13.4. The Bertz CT molecular complexity index is 1710. The van der Waals surface area contributed by atoms with E-state index in [4.69, 9.17) is 26.8 Å². The van der Waals surface area contributed by atoms with Gasteiger partial charge in [0.15, 0.2) is 11.5 Å².